The van der Waals surface area contributed by atoms with E-state index in [4.69, 9.17) is 5.14 Å². The van der Waals surface area contributed by atoms with E-state index in [9.17, 15) is 8.42 Å². The number of hydrogen-bond acceptors (Lipinski definition) is 3. The van der Waals surface area contributed by atoms with E-state index in [1.165, 1.54) is 11.1 Å². The zero-order chi connectivity index (χ0) is 13.6. The van der Waals surface area contributed by atoms with Crippen LogP contribution in [0.15, 0.2) is 24.3 Å². The van der Waals surface area contributed by atoms with Gasteiger partial charge in [0.25, 0.3) is 0 Å². The minimum atomic E-state index is -3.34. The van der Waals surface area contributed by atoms with Gasteiger partial charge in [0.05, 0.1) is 5.75 Å². The molecule has 1 aromatic rings. The summed E-state index contributed by atoms with van der Waals surface area (Å²) in [7, 11) is -3.34. The molecule has 1 rings (SSSR count). The topological polar surface area (TPSA) is 72.2 Å². The van der Waals surface area contributed by atoms with Gasteiger partial charge in [-0.05, 0) is 37.4 Å². The highest BCUT2D eigenvalue weighted by atomic mass is 32.2. The van der Waals surface area contributed by atoms with Gasteiger partial charge in [-0.3, -0.25) is 0 Å². The van der Waals surface area contributed by atoms with Gasteiger partial charge in [0.1, 0.15) is 0 Å². The quantitative estimate of drug-likeness (QED) is 0.739. The molecule has 0 radical (unpaired) electrons. The van der Waals surface area contributed by atoms with Gasteiger partial charge in [0, 0.05) is 6.04 Å². The van der Waals surface area contributed by atoms with Crippen molar-refractivity contribution < 1.29 is 8.42 Å². The van der Waals surface area contributed by atoms with E-state index in [0.717, 1.165) is 6.42 Å². The summed E-state index contributed by atoms with van der Waals surface area (Å²) < 4.78 is 21.5. The molecule has 0 bridgehead atoms. The first-order valence-corrected chi connectivity index (χ1v) is 7.96. The summed E-state index contributed by atoms with van der Waals surface area (Å²) in [6.07, 6.45) is 1.58. The summed E-state index contributed by atoms with van der Waals surface area (Å²) >= 11 is 0. The van der Waals surface area contributed by atoms with Crippen molar-refractivity contribution in [1.82, 2.24) is 5.32 Å². The number of sulfonamides is 1. The Bertz CT molecular complexity index is 454. The summed E-state index contributed by atoms with van der Waals surface area (Å²) in [5.74, 6) is 0.0293. The minimum absolute atomic E-state index is 0.0293. The molecule has 18 heavy (non-hydrogen) atoms. The molecule has 0 heterocycles. The van der Waals surface area contributed by atoms with Crippen LogP contribution < -0.4 is 10.5 Å². The van der Waals surface area contributed by atoms with E-state index in [2.05, 4.69) is 43.4 Å². The van der Waals surface area contributed by atoms with Gasteiger partial charge in [-0.15, -0.1) is 0 Å². The summed E-state index contributed by atoms with van der Waals surface area (Å²) in [4.78, 5) is 0. The lowest BCUT2D eigenvalue weighted by Crippen LogP contribution is -2.24. The smallest absolute Gasteiger partial charge is 0.209 e. The number of aryl methyl sites for hydroxylation is 1. The van der Waals surface area contributed by atoms with Crippen molar-refractivity contribution in [3.05, 3.63) is 35.4 Å². The van der Waals surface area contributed by atoms with E-state index in [0.29, 0.717) is 13.0 Å². The van der Waals surface area contributed by atoms with E-state index in [-0.39, 0.29) is 11.8 Å². The van der Waals surface area contributed by atoms with E-state index < -0.39 is 10.0 Å². The molecule has 1 unspecified atom stereocenters. The summed E-state index contributed by atoms with van der Waals surface area (Å²) in [6.45, 7) is 4.84. The second-order valence-electron chi connectivity index (χ2n) is 4.49. The number of primary sulfonamides is 1. The molecule has 0 fully saturated rings. The van der Waals surface area contributed by atoms with Crippen LogP contribution in [0.4, 0.5) is 0 Å². The number of hydrogen-bond donors (Lipinski definition) is 2. The number of nitrogens with one attached hydrogen (secondary N) is 1. The standard InChI is InChI=1S/C13H22N2O2S/c1-3-12-5-7-13(8-6-12)11(2)15-9-4-10-18(14,16)17/h5-8,11,15H,3-4,9-10H2,1-2H3,(H2,14,16,17). The van der Waals surface area contributed by atoms with Crippen LogP contribution in [0.25, 0.3) is 0 Å². The highest BCUT2D eigenvalue weighted by Crippen LogP contribution is 2.13. The largest absolute Gasteiger partial charge is 0.310 e. The molecular weight excluding hydrogens is 248 g/mol. The molecule has 5 heteroatoms. The first kappa shape index (κ1) is 15.1. The van der Waals surface area contributed by atoms with Crippen LogP contribution in [0, 0.1) is 0 Å². The molecule has 1 aromatic carbocycles. The molecule has 0 saturated heterocycles. The SMILES string of the molecule is CCc1ccc(C(C)NCCCS(N)(=O)=O)cc1. The lowest BCUT2D eigenvalue weighted by Gasteiger charge is -2.14. The van der Waals surface area contributed by atoms with Crippen molar-refractivity contribution in [1.29, 1.82) is 0 Å². The van der Waals surface area contributed by atoms with Crippen molar-refractivity contribution in [3.8, 4) is 0 Å². The second kappa shape index (κ2) is 6.87. The Labute approximate surface area is 110 Å². The maximum atomic E-state index is 10.8. The van der Waals surface area contributed by atoms with Gasteiger partial charge >= 0.3 is 0 Å². The van der Waals surface area contributed by atoms with Crippen LogP contribution in [0.2, 0.25) is 0 Å². The van der Waals surface area contributed by atoms with Gasteiger partial charge in [0.2, 0.25) is 10.0 Å². The van der Waals surface area contributed by atoms with Crippen molar-refractivity contribution in [3.63, 3.8) is 0 Å². The monoisotopic (exact) mass is 270 g/mol. The number of benzene rings is 1. The van der Waals surface area contributed by atoms with E-state index in [1.54, 1.807) is 0 Å². The van der Waals surface area contributed by atoms with Crippen molar-refractivity contribution >= 4 is 10.0 Å². The average molecular weight is 270 g/mol. The Balaban J connectivity index is 2.38. The predicted molar refractivity (Wildman–Crippen MR) is 74.8 cm³/mol. The second-order valence-corrected chi connectivity index (χ2v) is 6.23. The normalized spacial score (nSPS) is 13.5. The Morgan fingerprint density at radius 3 is 2.39 bits per heavy atom. The molecule has 0 aliphatic carbocycles. The first-order valence-electron chi connectivity index (χ1n) is 6.25. The Morgan fingerprint density at radius 2 is 1.89 bits per heavy atom. The average Bonchev–Trinajstić information content (AvgIpc) is 2.33. The maximum Gasteiger partial charge on any atom is 0.209 e. The Hall–Kier alpha value is -0.910. The molecule has 0 aliphatic heterocycles. The van der Waals surface area contributed by atoms with Crippen LogP contribution in [0.1, 0.15) is 37.4 Å². The van der Waals surface area contributed by atoms with Crippen LogP contribution in [0.5, 0.6) is 0 Å². The van der Waals surface area contributed by atoms with E-state index in [1.807, 2.05) is 0 Å². The van der Waals surface area contributed by atoms with Crippen LogP contribution >= 0.6 is 0 Å². The van der Waals surface area contributed by atoms with Crippen molar-refractivity contribution in [2.45, 2.75) is 32.7 Å². The third kappa shape index (κ3) is 5.62. The van der Waals surface area contributed by atoms with Crippen LogP contribution in [-0.2, 0) is 16.4 Å². The van der Waals surface area contributed by atoms with E-state index >= 15 is 0 Å². The molecule has 3 N–H and O–H groups in total. The summed E-state index contributed by atoms with van der Waals surface area (Å²) in [5, 5.41) is 8.23. The van der Waals surface area contributed by atoms with Gasteiger partial charge in [-0.25, -0.2) is 13.6 Å². The molecule has 0 amide bonds. The Kier molecular flexibility index (Phi) is 5.78. The molecule has 4 nitrogen and oxygen atoms in total. The molecule has 0 spiro atoms. The van der Waals surface area contributed by atoms with Crippen LogP contribution in [-0.4, -0.2) is 20.7 Å². The molecular formula is C13H22N2O2S. The third-order valence-corrected chi connectivity index (χ3v) is 3.80. The fourth-order valence-electron chi connectivity index (χ4n) is 1.75. The number of nitrogens with two attached hydrogens (primary N) is 1. The number of rotatable bonds is 7. The van der Waals surface area contributed by atoms with Crippen LogP contribution in [0.3, 0.4) is 0 Å². The fourth-order valence-corrected chi connectivity index (χ4v) is 2.30. The summed E-state index contributed by atoms with van der Waals surface area (Å²) in [6, 6.07) is 8.68. The lowest BCUT2D eigenvalue weighted by atomic mass is 10.1. The minimum Gasteiger partial charge on any atom is -0.310 e. The van der Waals surface area contributed by atoms with Gasteiger partial charge in [-0.1, -0.05) is 31.2 Å². The predicted octanol–water partition coefficient (Wildman–Crippen LogP) is 1.58. The molecule has 1 atom stereocenters. The molecule has 0 aliphatic rings. The molecule has 0 aromatic heterocycles. The third-order valence-electron chi connectivity index (χ3n) is 2.94. The highest BCUT2D eigenvalue weighted by molar-refractivity contribution is 7.89. The lowest BCUT2D eigenvalue weighted by molar-refractivity contribution is 0.560. The zero-order valence-corrected chi connectivity index (χ0v) is 11.8. The van der Waals surface area contributed by atoms with Gasteiger partial charge in [0.15, 0.2) is 0 Å². The van der Waals surface area contributed by atoms with Crippen molar-refractivity contribution in [2.24, 2.45) is 5.14 Å². The molecule has 102 valence electrons. The maximum absolute atomic E-state index is 10.8. The highest BCUT2D eigenvalue weighted by Gasteiger charge is 2.06. The first-order chi connectivity index (χ1) is 8.42. The summed E-state index contributed by atoms with van der Waals surface area (Å²) in [5.41, 5.74) is 2.53. The van der Waals surface area contributed by atoms with Gasteiger partial charge in [-0.2, -0.15) is 0 Å². The molecule has 0 saturated carbocycles. The van der Waals surface area contributed by atoms with Gasteiger partial charge < -0.3 is 5.32 Å². The van der Waals surface area contributed by atoms with Crippen molar-refractivity contribution in [2.75, 3.05) is 12.3 Å². The fraction of sp³-hybridized carbons (Fsp3) is 0.538. The Morgan fingerprint density at radius 1 is 1.28 bits per heavy atom. The zero-order valence-electron chi connectivity index (χ0n) is 11.0.